The Balaban J connectivity index is 1.41. The van der Waals surface area contributed by atoms with E-state index < -0.39 is 5.91 Å². The molecular weight excluding hydrogens is 399 g/mol. The second kappa shape index (κ2) is 8.83. The number of hydrogen-bond acceptors (Lipinski definition) is 5. The van der Waals surface area contributed by atoms with Crippen molar-refractivity contribution in [2.24, 2.45) is 0 Å². The van der Waals surface area contributed by atoms with Crippen LogP contribution in [0.3, 0.4) is 0 Å². The highest BCUT2D eigenvalue weighted by Crippen LogP contribution is 2.19. The Morgan fingerprint density at radius 1 is 1.10 bits per heavy atom. The summed E-state index contributed by atoms with van der Waals surface area (Å²) < 4.78 is 25.6. The summed E-state index contributed by atoms with van der Waals surface area (Å²) in [6.07, 6.45) is 1.79. The van der Waals surface area contributed by atoms with Crippen molar-refractivity contribution >= 4 is 11.7 Å². The molecule has 4 rings (SSSR count). The first-order chi connectivity index (χ1) is 15.0. The molecule has 0 atom stereocenters. The van der Waals surface area contributed by atoms with Crippen LogP contribution in [-0.2, 0) is 13.2 Å². The Kier molecular flexibility index (Phi) is 5.79. The average molecular weight is 420 g/mol. The first-order valence-electron chi connectivity index (χ1n) is 9.72. The molecule has 0 aliphatic heterocycles. The fourth-order valence-electron chi connectivity index (χ4n) is 3.00. The molecular formula is C23H21FN4O3. The van der Waals surface area contributed by atoms with Crippen molar-refractivity contribution in [2.75, 3.05) is 5.32 Å². The predicted octanol–water partition coefficient (Wildman–Crippen LogP) is 4.51. The van der Waals surface area contributed by atoms with E-state index in [4.69, 9.17) is 9.26 Å². The minimum atomic E-state index is -0.449. The monoisotopic (exact) mass is 420 g/mol. The van der Waals surface area contributed by atoms with Crippen LogP contribution in [0.15, 0.2) is 65.3 Å². The quantitative estimate of drug-likeness (QED) is 0.476. The zero-order chi connectivity index (χ0) is 21.8. The highest BCUT2D eigenvalue weighted by Gasteiger charge is 2.21. The topological polar surface area (TPSA) is 82.2 Å². The zero-order valence-electron chi connectivity index (χ0n) is 17.1. The molecule has 0 saturated carbocycles. The number of halogens is 1. The Morgan fingerprint density at radius 2 is 1.84 bits per heavy atom. The number of carbonyl (C=O) groups is 1. The van der Waals surface area contributed by atoms with Gasteiger partial charge in [0.05, 0.1) is 12.1 Å². The lowest BCUT2D eigenvalue weighted by molar-refractivity contribution is 0.101. The molecule has 7 nitrogen and oxygen atoms in total. The molecule has 2 heterocycles. The predicted molar refractivity (Wildman–Crippen MR) is 112 cm³/mol. The van der Waals surface area contributed by atoms with Crippen molar-refractivity contribution in [1.29, 1.82) is 0 Å². The van der Waals surface area contributed by atoms with E-state index in [2.05, 4.69) is 15.6 Å². The van der Waals surface area contributed by atoms with Gasteiger partial charge in [-0.15, -0.1) is 0 Å². The molecule has 2 aromatic heterocycles. The first-order valence-corrected chi connectivity index (χ1v) is 9.72. The van der Waals surface area contributed by atoms with Crippen LogP contribution in [0.4, 0.5) is 10.2 Å². The van der Waals surface area contributed by atoms with E-state index in [9.17, 15) is 9.18 Å². The zero-order valence-corrected chi connectivity index (χ0v) is 17.1. The lowest BCUT2D eigenvalue weighted by Gasteiger charge is -2.06. The summed E-state index contributed by atoms with van der Waals surface area (Å²) in [6.45, 7) is 4.39. The van der Waals surface area contributed by atoms with Crippen LogP contribution in [0.5, 0.6) is 5.75 Å². The highest BCUT2D eigenvalue weighted by molar-refractivity contribution is 6.03. The summed E-state index contributed by atoms with van der Waals surface area (Å²) in [5.41, 5.74) is 2.94. The van der Waals surface area contributed by atoms with Crippen molar-refractivity contribution < 1.29 is 18.4 Å². The maximum absolute atomic E-state index is 13.0. The molecule has 0 radical (unpaired) electrons. The summed E-state index contributed by atoms with van der Waals surface area (Å²) in [7, 11) is 0. The van der Waals surface area contributed by atoms with E-state index in [1.807, 2.05) is 31.2 Å². The van der Waals surface area contributed by atoms with Crippen molar-refractivity contribution in [2.45, 2.75) is 27.0 Å². The third-order valence-corrected chi connectivity index (χ3v) is 4.74. The summed E-state index contributed by atoms with van der Waals surface area (Å²) in [6, 6.07) is 15.5. The molecule has 0 spiro atoms. The fourth-order valence-corrected chi connectivity index (χ4v) is 3.00. The number of carbonyl (C=O) groups excluding carboxylic acids is 1. The van der Waals surface area contributed by atoms with Gasteiger partial charge in [-0.05, 0) is 43.7 Å². The minimum absolute atomic E-state index is 0.0611. The molecule has 0 aliphatic rings. The van der Waals surface area contributed by atoms with E-state index in [0.717, 1.165) is 5.56 Å². The van der Waals surface area contributed by atoms with Crippen LogP contribution >= 0.6 is 0 Å². The summed E-state index contributed by atoms with van der Waals surface area (Å²) in [4.78, 5) is 12.7. The molecule has 0 saturated heterocycles. The van der Waals surface area contributed by atoms with Gasteiger partial charge in [0, 0.05) is 12.3 Å². The molecule has 1 amide bonds. The fraction of sp³-hybridized carbons (Fsp3) is 0.174. The summed E-state index contributed by atoms with van der Waals surface area (Å²) in [5.74, 6) is 0.550. The third-order valence-electron chi connectivity index (χ3n) is 4.74. The van der Waals surface area contributed by atoms with Crippen LogP contribution in [0.2, 0.25) is 0 Å². The molecule has 0 fully saturated rings. The van der Waals surface area contributed by atoms with Gasteiger partial charge in [-0.2, -0.15) is 5.10 Å². The van der Waals surface area contributed by atoms with Gasteiger partial charge in [0.25, 0.3) is 5.91 Å². The van der Waals surface area contributed by atoms with Gasteiger partial charge in [-0.3, -0.25) is 9.48 Å². The second-order valence-electron chi connectivity index (χ2n) is 7.15. The van der Waals surface area contributed by atoms with Crippen LogP contribution in [-0.4, -0.2) is 20.8 Å². The van der Waals surface area contributed by atoms with Crippen LogP contribution in [0.1, 0.15) is 32.9 Å². The number of nitrogens with one attached hydrogen (secondary N) is 1. The number of rotatable bonds is 7. The van der Waals surface area contributed by atoms with Crippen molar-refractivity contribution in [3.05, 3.63) is 94.8 Å². The standard InChI is InChI=1S/C23H21FN4O3/c1-15-3-5-17(6-4-15)13-28-12-11-21(26-28)25-23(29)22-20(16(2)31-27-22)14-30-19-9-7-18(24)8-10-19/h3-12H,13-14H2,1-2H3,(H,25,26,29). The number of amides is 1. The molecule has 1 N–H and O–H groups in total. The van der Waals surface area contributed by atoms with Gasteiger partial charge in [-0.25, -0.2) is 4.39 Å². The summed E-state index contributed by atoms with van der Waals surface area (Å²) >= 11 is 0. The van der Waals surface area contributed by atoms with Gasteiger partial charge >= 0.3 is 0 Å². The van der Waals surface area contributed by atoms with Gasteiger partial charge in [0.2, 0.25) is 0 Å². The summed E-state index contributed by atoms with van der Waals surface area (Å²) in [5, 5.41) is 11.0. The second-order valence-corrected chi connectivity index (χ2v) is 7.15. The van der Waals surface area contributed by atoms with Crippen molar-refractivity contribution in [3.8, 4) is 5.75 Å². The van der Waals surface area contributed by atoms with Gasteiger partial charge in [0.15, 0.2) is 11.5 Å². The van der Waals surface area contributed by atoms with E-state index in [-0.39, 0.29) is 18.1 Å². The molecule has 0 unspecified atom stereocenters. The number of ether oxygens (including phenoxy) is 1. The number of hydrogen-bond donors (Lipinski definition) is 1. The van der Waals surface area contributed by atoms with Crippen molar-refractivity contribution in [1.82, 2.24) is 14.9 Å². The van der Waals surface area contributed by atoms with Crippen LogP contribution < -0.4 is 10.1 Å². The largest absolute Gasteiger partial charge is 0.489 e. The SMILES string of the molecule is Cc1ccc(Cn2ccc(NC(=O)c3noc(C)c3COc3ccc(F)cc3)n2)cc1. The Morgan fingerprint density at radius 3 is 2.58 bits per heavy atom. The molecule has 2 aromatic carbocycles. The van der Waals surface area contributed by atoms with Crippen molar-refractivity contribution in [3.63, 3.8) is 0 Å². The molecule has 0 bridgehead atoms. The molecule has 0 aliphatic carbocycles. The molecule has 8 heteroatoms. The van der Waals surface area contributed by atoms with Crippen LogP contribution in [0, 0.1) is 19.7 Å². The molecule has 31 heavy (non-hydrogen) atoms. The smallest absolute Gasteiger partial charge is 0.279 e. The lowest BCUT2D eigenvalue weighted by Crippen LogP contribution is -2.16. The number of anilines is 1. The van der Waals surface area contributed by atoms with Gasteiger partial charge in [-0.1, -0.05) is 35.0 Å². The maximum Gasteiger partial charge on any atom is 0.279 e. The molecule has 4 aromatic rings. The van der Waals surface area contributed by atoms with Crippen LogP contribution in [0.25, 0.3) is 0 Å². The minimum Gasteiger partial charge on any atom is -0.489 e. The maximum atomic E-state index is 13.0. The Labute approximate surface area is 178 Å². The normalized spacial score (nSPS) is 10.8. The number of aryl methyl sites for hydroxylation is 2. The Hall–Kier alpha value is -3.94. The highest BCUT2D eigenvalue weighted by atomic mass is 19.1. The van der Waals surface area contributed by atoms with E-state index >= 15 is 0 Å². The number of aromatic nitrogens is 3. The number of nitrogens with zero attached hydrogens (tertiary/aromatic N) is 3. The number of benzene rings is 2. The average Bonchev–Trinajstić information content (AvgIpc) is 3.35. The van der Waals surface area contributed by atoms with Gasteiger partial charge in [0.1, 0.15) is 23.9 Å². The first kappa shape index (κ1) is 20.3. The Bertz CT molecular complexity index is 1180. The van der Waals surface area contributed by atoms with Gasteiger partial charge < -0.3 is 14.6 Å². The third kappa shape index (κ3) is 4.98. The lowest BCUT2D eigenvalue weighted by atomic mass is 10.1. The van der Waals surface area contributed by atoms with E-state index in [0.29, 0.717) is 29.4 Å². The van der Waals surface area contributed by atoms with E-state index in [1.54, 1.807) is 23.9 Å². The van der Waals surface area contributed by atoms with E-state index in [1.165, 1.54) is 29.8 Å². The molecule has 158 valence electrons.